The van der Waals surface area contributed by atoms with E-state index in [1.807, 2.05) is 70.6 Å². The van der Waals surface area contributed by atoms with Crippen molar-refractivity contribution in [2.75, 3.05) is 88.9 Å². The molecule has 0 saturated carbocycles. The van der Waals surface area contributed by atoms with Gasteiger partial charge in [0.25, 0.3) is 0 Å². The van der Waals surface area contributed by atoms with E-state index in [0.29, 0.717) is 11.5 Å². The zero-order valence-corrected chi connectivity index (χ0v) is 30.1. The van der Waals surface area contributed by atoms with Crippen LogP contribution in [0, 0.1) is 0 Å². The lowest BCUT2D eigenvalue weighted by Gasteiger charge is -2.10. The minimum absolute atomic E-state index is 0.160. The molecule has 2 atom stereocenters. The van der Waals surface area contributed by atoms with Crippen LogP contribution in [-0.4, -0.2) is 108 Å². The monoisotopic (exact) mass is 710 g/mol. The number of thioether (sulfide) groups is 9. The predicted molar refractivity (Wildman–Crippen MR) is 189 cm³/mol. The van der Waals surface area contributed by atoms with Crippen molar-refractivity contribution in [2.45, 2.75) is 26.2 Å². The van der Waals surface area contributed by atoms with Crippen LogP contribution >= 0.6 is 106 Å². The molecule has 0 aliphatic rings. The second kappa shape index (κ2) is 32.9. The van der Waals surface area contributed by atoms with Gasteiger partial charge in [-0.3, -0.25) is 4.79 Å². The van der Waals surface area contributed by atoms with Crippen molar-refractivity contribution in [3.05, 3.63) is 0 Å². The summed E-state index contributed by atoms with van der Waals surface area (Å²) in [6.45, 7) is 2.08. The minimum Gasteiger partial charge on any atom is -0.616 e. The van der Waals surface area contributed by atoms with Gasteiger partial charge in [-0.05, 0) is 12.2 Å². The van der Waals surface area contributed by atoms with Gasteiger partial charge >= 0.3 is 0 Å². The average molecular weight is 711 g/mol. The van der Waals surface area contributed by atoms with E-state index in [1.165, 1.54) is 23.5 Å². The zero-order valence-electron chi connectivity index (χ0n) is 21.1. The fourth-order valence-electron chi connectivity index (χ4n) is 2.19. The molecule has 0 heterocycles. The van der Waals surface area contributed by atoms with Crippen LogP contribution in [0.4, 0.5) is 0 Å². The molecule has 0 aromatic carbocycles. The SMILES string of the molecule is CCC[S+]([O-])CCSCSCSCCSC(=O)CCSCSCSCCC[S+]([O-])CCSCSCO. The largest absolute Gasteiger partial charge is 0.616 e. The lowest BCUT2D eigenvalue weighted by atomic mass is 10.5. The van der Waals surface area contributed by atoms with E-state index in [0.717, 1.165) is 95.8 Å². The third-order valence-electron chi connectivity index (χ3n) is 3.87. The summed E-state index contributed by atoms with van der Waals surface area (Å²) in [6, 6.07) is 0. The van der Waals surface area contributed by atoms with Gasteiger partial charge in [-0.1, -0.05) is 41.0 Å². The Morgan fingerprint density at radius 3 is 1.78 bits per heavy atom. The molecule has 0 aromatic heterocycles. The Bertz CT molecular complexity index is 470. The first kappa shape index (κ1) is 39.4. The molecule has 216 valence electrons. The molecule has 15 heteroatoms. The molecule has 36 heavy (non-hydrogen) atoms. The Labute approximate surface area is 264 Å². The van der Waals surface area contributed by atoms with Crippen molar-refractivity contribution in [1.29, 1.82) is 0 Å². The summed E-state index contributed by atoms with van der Waals surface area (Å²) < 4.78 is 23.5. The van der Waals surface area contributed by atoms with E-state index in [-0.39, 0.29) is 5.94 Å². The zero-order chi connectivity index (χ0) is 26.5. The number of carbonyl (C=O) groups excluding carboxylic acids is 1. The van der Waals surface area contributed by atoms with Crippen molar-refractivity contribution in [2.24, 2.45) is 0 Å². The van der Waals surface area contributed by atoms with Crippen LogP contribution in [-0.2, 0) is 27.1 Å². The summed E-state index contributed by atoms with van der Waals surface area (Å²) in [5.74, 6) is 9.13. The van der Waals surface area contributed by atoms with Gasteiger partial charge in [0.15, 0.2) is 5.12 Å². The van der Waals surface area contributed by atoms with E-state index in [9.17, 15) is 13.9 Å². The predicted octanol–water partition coefficient (Wildman–Crippen LogP) is 6.54. The molecule has 0 bridgehead atoms. The molecule has 0 saturated heterocycles. The van der Waals surface area contributed by atoms with Gasteiger partial charge in [-0.2, -0.15) is 35.3 Å². The van der Waals surface area contributed by atoms with Crippen molar-refractivity contribution in [3.63, 3.8) is 0 Å². The Kier molecular flexibility index (Phi) is 36.0. The fraction of sp³-hybridized carbons (Fsp3) is 0.952. The third kappa shape index (κ3) is 31.9. The van der Waals surface area contributed by atoms with Gasteiger partial charge in [0.1, 0.15) is 23.0 Å². The standard InChI is InChI=1S/C21H42O4S11/c1-2-11-35(24)13-9-30-20-33-19-28-7-8-34-21(23)4-6-27-18-32-17-26-5-3-12-36(25)14-10-29-16-31-15-22/h22H,2-20H2,1H3. The Morgan fingerprint density at radius 2 is 1.17 bits per heavy atom. The van der Waals surface area contributed by atoms with Crippen molar-refractivity contribution >= 4 is 133 Å². The molecular formula is C21H42O4S11. The molecule has 0 aliphatic heterocycles. The highest BCUT2D eigenvalue weighted by Crippen LogP contribution is 2.22. The number of aliphatic hydroxyl groups is 1. The van der Waals surface area contributed by atoms with Gasteiger partial charge < -0.3 is 14.2 Å². The van der Waals surface area contributed by atoms with Crippen LogP contribution in [0.5, 0.6) is 0 Å². The second-order valence-electron chi connectivity index (χ2n) is 6.89. The van der Waals surface area contributed by atoms with Gasteiger partial charge in [0, 0.05) is 67.0 Å². The Morgan fingerprint density at radius 1 is 0.639 bits per heavy atom. The van der Waals surface area contributed by atoms with Crippen molar-refractivity contribution < 1.29 is 19.0 Å². The highest BCUT2D eigenvalue weighted by Gasteiger charge is 2.07. The van der Waals surface area contributed by atoms with Crippen LogP contribution in [0.3, 0.4) is 0 Å². The summed E-state index contributed by atoms with van der Waals surface area (Å²) >= 11 is 14.7. The summed E-state index contributed by atoms with van der Waals surface area (Å²) in [4.78, 5) is 12.0. The lowest BCUT2D eigenvalue weighted by Crippen LogP contribution is -2.13. The number of rotatable bonds is 29. The normalized spacial score (nSPS) is 13.2. The molecule has 0 amide bonds. The molecule has 0 rings (SSSR count). The van der Waals surface area contributed by atoms with E-state index < -0.39 is 22.4 Å². The fourth-order valence-corrected chi connectivity index (χ4v) is 15.0. The van der Waals surface area contributed by atoms with Crippen LogP contribution in [0.2, 0.25) is 0 Å². The molecule has 1 N–H and O–H groups in total. The van der Waals surface area contributed by atoms with Gasteiger partial charge in [-0.15, -0.1) is 58.8 Å². The Balaban J connectivity index is 3.25. The number of aliphatic hydroxyl groups excluding tert-OH is 1. The van der Waals surface area contributed by atoms with E-state index in [4.69, 9.17) is 5.11 Å². The average Bonchev–Trinajstić information content (AvgIpc) is 2.86. The highest BCUT2D eigenvalue weighted by molar-refractivity contribution is 8.23. The van der Waals surface area contributed by atoms with Crippen LogP contribution in [0.25, 0.3) is 0 Å². The summed E-state index contributed by atoms with van der Waals surface area (Å²) in [5, 5.41) is 14.1. The second-order valence-corrected chi connectivity index (χ2v) is 21.7. The first-order chi connectivity index (χ1) is 17.6. The van der Waals surface area contributed by atoms with Crippen LogP contribution in [0.1, 0.15) is 26.2 Å². The maximum Gasteiger partial charge on any atom is 0.189 e. The third-order valence-corrected chi connectivity index (χ3v) is 17.9. The maximum atomic E-state index is 12.0. The Hall–Kier alpha value is 3.40. The van der Waals surface area contributed by atoms with Gasteiger partial charge in [-0.25, -0.2) is 0 Å². The summed E-state index contributed by atoms with van der Waals surface area (Å²) in [5.41, 5.74) is 0. The molecule has 0 aromatic rings. The molecule has 4 nitrogen and oxygen atoms in total. The summed E-state index contributed by atoms with van der Waals surface area (Å²) in [6.07, 6.45) is 2.66. The number of hydrogen-bond donors (Lipinski definition) is 1. The topological polar surface area (TPSA) is 83.4 Å². The maximum absolute atomic E-state index is 12.0. The summed E-state index contributed by atoms with van der Waals surface area (Å²) in [7, 11) is 0. The smallest absolute Gasteiger partial charge is 0.189 e. The molecule has 0 aliphatic carbocycles. The lowest BCUT2D eigenvalue weighted by molar-refractivity contribution is -0.110. The van der Waals surface area contributed by atoms with E-state index in [1.54, 1.807) is 11.8 Å². The molecule has 2 unspecified atom stereocenters. The van der Waals surface area contributed by atoms with Crippen molar-refractivity contribution in [3.8, 4) is 0 Å². The van der Waals surface area contributed by atoms with E-state index in [2.05, 4.69) is 6.92 Å². The molecule has 0 radical (unpaired) electrons. The number of carbonyl (C=O) groups is 1. The minimum atomic E-state index is -0.713. The van der Waals surface area contributed by atoms with Crippen LogP contribution in [0.15, 0.2) is 0 Å². The van der Waals surface area contributed by atoms with Crippen LogP contribution < -0.4 is 0 Å². The molecular weight excluding hydrogens is 669 g/mol. The highest BCUT2D eigenvalue weighted by atomic mass is 32.2. The van der Waals surface area contributed by atoms with Gasteiger partial charge in [0.2, 0.25) is 0 Å². The first-order valence-corrected chi connectivity index (χ1v) is 24.9. The van der Waals surface area contributed by atoms with Crippen molar-refractivity contribution in [1.82, 2.24) is 0 Å². The quantitative estimate of drug-likeness (QED) is 0.0519. The molecule has 0 fully saturated rings. The van der Waals surface area contributed by atoms with Gasteiger partial charge in [0.05, 0.1) is 5.94 Å². The molecule has 0 spiro atoms. The number of hydrogen-bond acceptors (Lipinski definition) is 13. The van der Waals surface area contributed by atoms with E-state index >= 15 is 0 Å². The first-order valence-electron chi connectivity index (χ1n) is 11.7.